The predicted molar refractivity (Wildman–Crippen MR) is 437 cm³/mol. The molecule has 1 unspecified atom stereocenters. The maximum Gasteiger partial charge on any atom is 0.509 e. The molecule has 0 radical (unpaired) electrons. The highest BCUT2D eigenvalue weighted by Gasteiger charge is 2.33. The second-order valence-corrected chi connectivity index (χ2v) is 27.0. The lowest BCUT2D eigenvalue weighted by atomic mass is 9.99. The van der Waals surface area contributed by atoms with Crippen molar-refractivity contribution >= 4 is 163 Å². The van der Waals surface area contributed by atoms with Crippen LogP contribution in [0.2, 0.25) is 0 Å². The molecular weight excluding hydrogens is 1890 g/mol. The fourth-order valence-electron chi connectivity index (χ4n) is 8.92. The molecule has 29 nitrogen and oxygen atoms in total. The van der Waals surface area contributed by atoms with Crippen molar-refractivity contribution in [1.29, 1.82) is 0 Å². The van der Waals surface area contributed by atoms with Gasteiger partial charge in [0.25, 0.3) is 0 Å². The number of ether oxygens (including phenoxy) is 11. The number of aromatic carboxylic acids is 1. The number of amides is 4. The number of hydrogen-bond donors (Lipinski definition) is 6. The first-order chi connectivity index (χ1) is 52.7. The molecule has 5 rings (SSSR count). The molecule has 5 aromatic rings. The van der Waals surface area contributed by atoms with Crippen molar-refractivity contribution in [3.8, 4) is 5.75 Å². The van der Waals surface area contributed by atoms with Gasteiger partial charge in [-0.25, -0.2) is 47.9 Å². The van der Waals surface area contributed by atoms with Gasteiger partial charge in [0.2, 0.25) is 0 Å². The molecule has 0 aliphatic carbocycles. The smallest absolute Gasteiger partial charge is 0.481 e. The molecule has 0 saturated carbocycles. The number of alkyl halides is 4. The Morgan fingerprint density at radius 2 is 0.736 bits per heavy atom. The van der Waals surface area contributed by atoms with E-state index in [9.17, 15) is 62.6 Å². The summed E-state index contributed by atoms with van der Waals surface area (Å²) < 4.78 is 56.8. The summed E-state index contributed by atoms with van der Waals surface area (Å²) in [5.74, 6) is -6.23. The molecular formula is C77H98I4N4O25. The fourth-order valence-corrected chi connectivity index (χ4v) is 10.9. The first-order valence-corrected chi connectivity index (χ1v) is 41.2. The van der Waals surface area contributed by atoms with E-state index in [1.165, 1.54) is 12.1 Å². The van der Waals surface area contributed by atoms with E-state index in [-0.39, 0.29) is 105 Å². The van der Waals surface area contributed by atoms with E-state index in [1.54, 1.807) is 13.0 Å². The van der Waals surface area contributed by atoms with E-state index in [0.717, 1.165) is 22.3 Å². The van der Waals surface area contributed by atoms with Gasteiger partial charge in [-0.05, 0) is 110 Å². The van der Waals surface area contributed by atoms with Crippen LogP contribution in [0, 0.1) is 29.6 Å². The number of halogens is 4. The van der Waals surface area contributed by atoms with Gasteiger partial charge in [-0.3, -0.25) is 9.59 Å². The molecule has 0 bridgehead atoms. The zero-order chi connectivity index (χ0) is 81.8. The van der Waals surface area contributed by atoms with Crippen molar-refractivity contribution in [2.75, 3.05) is 40.1 Å². The Morgan fingerprint density at radius 1 is 0.391 bits per heavy atom. The number of alkyl carbamates (subject to hydrolysis) is 4. The summed E-state index contributed by atoms with van der Waals surface area (Å²) >= 11 is 7.73. The summed E-state index contributed by atoms with van der Waals surface area (Å²) in [4.78, 5) is 143. The van der Waals surface area contributed by atoms with Crippen LogP contribution in [0.5, 0.6) is 5.75 Å². The van der Waals surface area contributed by atoms with Gasteiger partial charge >= 0.3 is 72.3 Å². The molecule has 0 saturated heterocycles. The molecule has 0 aromatic heterocycles. The van der Waals surface area contributed by atoms with Crippen LogP contribution in [0.4, 0.5) is 24.0 Å². The van der Waals surface area contributed by atoms with E-state index in [0.29, 0.717) is 51.1 Å². The number of nitrogens with one attached hydrogen (secondary N) is 4. The quantitative estimate of drug-likeness (QED) is 0.00530. The van der Waals surface area contributed by atoms with Gasteiger partial charge in [0.15, 0.2) is 0 Å². The van der Waals surface area contributed by atoms with Crippen LogP contribution < -0.4 is 26.0 Å². The van der Waals surface area contributed by atoms with Crippen molar-refractivity contribution in [2.45, 2.75) is 149 Å². The van der Waals surface area contributed by atoms with Gasteiger partial charge in [0.1, 0.15) is 85.4 Å². The number of carbonyl (C=O) groups is 12. The number of aliphatic carboxylic acids is 1. The molecule has 0 aliphatic rings. The average Bonchev–Trinajstić information content (AvgIpc) is 0.826. The number of esters is 5. The first-order valence-electron chi connectivity index (χ1n) is 35.1. The Kier molecular flexibility index (Phi) is 51.2. The van der Waals surface area contributed by atoms with E-state index in [1.807, 2.05) is 260 Å². The summed E-state index contributed by atoms with van der Waals surface area (Å²) in [5.41, 5.74) is 3.84. The van der Waals surface area contributed by atoms with E-state index in [2.05, 4.69) is 26.0 Å². The molecule has 0 aliphatic heterocycles. The van der Waals surface area contributed by atoms with Crippen LogP contribution in [0.25, 0.3) is 0 Å². The molecule has 604 valence electrons. The summed E-state index contributed by atoms with van der Waals surface area (Å²) in [5, 5.41) is 28.6. The highest BCUT2D eigenvalue weighted by Crippen LogP contribution is 2.27. The highest BCUT2D eigenvalue weighted by molar-refractivity contribution is 14.1. The zero-order valence-electron chi connectivity index (χ0n) is 62.5. The van der Waals surface area contributed by atoms with Gasteiger partial charge in [0.05, 0.1) is 18.1 Å². The predicted octanol–water partition coefficient (Wildman–Crippen LogP) is 14.6. The van der Waals surface area contributed by atoms with Crippen LogP contribution in [0.3, 0.4) is 0 Å². The number of carboxylic acids is 2. The van der Waals surface area contributed by atoms with Crippen molar-refractivity contribution in [3.63, 3.8) is 0 Å². The summed E-state index contributed by atoms with van der Waals surface area (Å²) in [6.45, 7) is 14.8. The van der Waals surface area contributed by atoms with Crippen LogP contribution in [-0.4, -0.2) is 147 Å². The molecule has 6 N–H and O–H groups in total. The van der Waals surface area contributed by atoms with Gasteiger partial charge in [-0.15, -0.1) is 0 Å². The summed E-state index contributed by atoms with van der Waals surface area (Å²) in [6.07, 6.45) is -0.534. The normalized spacial score (nSPS) is 12.8. The molecule has 5 aromatic carbocycles. The molecule has 33 heteroatoms. The van der Waals surface area contributed by atoms with Gasteiger partial charge < -0.3 is 83.6 Å². The van der Waals surface area contributed by atoms with E-state index < -0.39 is 96.4 Å². The largest absolute Gasteiger partial charge is 0.509 e. The molecule has 0 heterocycles. The Labute approximate surface area is 695 Å². The number of carbonyl (C=O) groups excluding carboxylic acids is 10. The molecule has 110 heavy (non-hydrogen) atoms. The molecule has 9 atom stereocenters. The van der Waals surface area contributed by atoms with Crippen molar-refractivity contribution in [1.82, 2.24) is 21.3 Å². The lowest BCUT2D eigenvalue weighted by Crippen LogP contribution is -2.47. The Bertz CT molecular complexity index is 3490. The van der Waals surface area contributed by atoms with Gasteiger partial charge in [0, 0.05) is 20.8 Å². The number of hydrogen-bond acceptors (Lipinski definition) is 23. The minimum absolute atomic E-state index is 0.0741. The lowest BCUT2D eigenvalue weighted by molar-refractivity contribution is -0.153. The average molecular weight is 1990 g/mol. The third-order valence-electron chi connectivity index (χ3n) is 16.2. The minimum atomic E-state index is -1.10. The molecule has 0 spiro atoms. The van der Waals surface area contributed by atoms with Crippen LogP contribution in [-0.2, 0) is 107 Å². The second kappa shape index (κ2) is 57.7. The summed E-state index contributed by atoms with van der Waals surface area (Å²) in [6, 6.07) is 37.9. The SMILES string of the molecule is CC[C@H](C)[C@H](NC(=O)OCc1ccccc1)C(=O)OCC(CI)C(=O)O.CC[C@H](C)[C@H](NC(=O)OCc1ccccc1)C(=O)OCCCC(=O)OCI.CC[C@H](C)[C@H](NC(=O)OCc1ccccc1)C(=O)OCCOC(=O)OCI.CC[C@H](C)[C@H](NC(=O)OCc1ccccc1)C(=O)Oc1cccc(C(=O)O)c1CI. The van der Waals surface area contributed by atoms with Gasteiger partial charge in [-0.2, -0.15) is 0 Å². The monoisotopic (exact) mass is 1990 g/mol. The summed E-state index contributed by atoms with van der Waals surface area (Å²) in [7, 11) is 0. The Balaban J connectivity index is 0.000000499. The van der Waals surface area contributed by atoms with Crippen LogP contribution in [0.1, 0.15) is 132 Å². The second-order valence-electron chi connectivity index (χ2n) is 24.2. The highest BCUT2D eigenvalue weighted by atomic mass is 127. The fraction of sp³-hybridized carbons (Fsp3) is 0.455. The van der Waals surface area contributed by atoms with E-state index >= 15 is 0 Å². The van der Waals surface area contributed by atoms with Crippen LogP contribution >= 0.6 is 90.4 Å². The maximum atomic E-state index is 12.8. The van der Waals surface area contributed by atoms with Crippen molar-refractivity contribution in [3.05, 3.63) is 173 Å². The standard InChI is InChI=1S/C22H24INO6.C19H26INO6.C18H24INO7.C18H24INO6/c1-3-14(2)19(24-22(28)29-13-15-8-5-4-6-9-15)21(27)30-18-11-7-10-16(20(25)26)17(18)12-23;1-3-14(2)17(18(23)25-11-7-10-16(22)27-13-20)21-19(24)26-12-15-8-5-4-6-9-15;1-3-13(2)15(16(21)24-9-10-25-18(23)27-12-19)20-17(22)26-11-14-7-5-4-6-8-14;1-3-12(2)15(17(23)25-11-14(9-19)16(21)22)20-18(24)26-10-13-7-5-4-6-8-13/h4-11,14,19H,3,12-13H2,1-2H3,(H,24,28)(H,25,26);4-6,8-9,14,17H,3,7,10-13H2,1-2H3,(H,21,24);4-8,13,15H,3,9-12H2,1-2H3,(H,20,22);4-8,12,14-15H,3,9-11H2,1-2H3,(H,20,24)(H,21,22)/t14-,19-;14-,17-;13-,15-;12-,14?,15-/m0000/s1. The van der Waals surface area contributed by atoms with Crippen LogP contribution in [0.15, 0.2) is 140 Å². The minimum Gasteiger partial charge on any atom is -0.481 e. The Morgan fingerprint density at radius 3 is 1.06 bits per heavy atom. The topological polar surface area (TPSA) is 395 Å². The molecule has 0 fully saturated rings. The lowest BCUT2D eigenvalue weighted by Gasteiger charge is -2.23. The number of benzene rings is 5. The maximum absolute atomic E-state index is 12.8. The van der Waals surface area contributed by atoms with Gasteiger partial charge in [-0.1, -0.05) is 254 Å². The number of carboxylic acid groups (broad SMARTS) is 2. The number of rotatable bonds is 40. The first kappa shape index (κ1) is 97.7. The third-order valence-corrected chi connectivity index (χ3v) is 18.6. The zero-order valence-corrected chi connectivity index (χ0v) is 71.1. The van der Waals surface area contributed by atoms with E-state index in [4.69, 9.17) is 52.5 Å². The Hall–Kier alpha value is -8.34. The molecule has 4 amide bonds. The van der Waals surface area contributed by atoms with Crippen molar-refractivity contribution in [2.24, 2.45) is 29.6 Å². The third kappa shape index (κ3) is 40.6. The van der Waals surface area contributed by atoms with Crippen molar-refractivity contribution < 1.29 is 120 Å².